The van der Waals surface area contributed by atoms with Crippen LogP contribution in [0.5, 0.6) is 5.75 Å². The van der Waals surface area contributed by atoms with Crippen molar-refractivity contribution >= 4 is 67.0 Å². The molecule has 0 saturated carbocycles. The Balaban J connectivity index is 3.47. The largest absolute Gasteiger partial charge is 0.524 e. The molecule has 1 aromatic carbocycles. The highest BCUT2D eigenvalue weighted by molar-refractivity contribution is 7.46. The van der Waals surface area contributed by atoms with Gasteiger partial charge in [0.15, 0.2) is 0 Å². The van der Waals surface area contributed by atoms with Gasteiger partial charge in [-0.15, -0.1) is 0 Å². The van der Waals surface area contributed by atoms with Crippen LogP contribution in [0.2, 0.25) is 0 Å². The number of carbonyl (C=O) groups excluding carboxylic acids is 9. The fraction of sp³-hybridized carbons (Fsp3) is 0.543. The lowest BCUT2D eigenvalue weighted by Crippen LogP contribution is -2.61. The van der Waals surface area contributed by atoms with E-state index in [4.69, 9.17) is 32.1 Å². The number of amides is 9. The molecule has 9 amide bonds. The van der Waals surface area contributed by atoms with Gasteiger partial charge in [0.25, 0.3) is 0 Å². The van der Waals surface area contributed by atoms with Crippen molar-refractivity contribution in [2.45, 2.75) is 109 Å². The number of nitrogens with one attached hydrogen (secondary N) is 6. The van der Waals surface area contributed by atoms with E-state index in [1.807, 2.05) is 0 Å². The van der Waals surface area contributed by atoms with E-state index >= 15 is 0 Å². The molecule has 0 aliphatic heterocycles. The van der Waals surface area contributed by atoms with Crippen molar-refractivity contribution < 1.29 is 71.9 Å². The quantitative estimate of drug-likeness (QED) is 0.0401. The first-order chi connectivity index (χ1) is 27.7. The van der Waals surface area contributed by atoms with Gasteiger partial charge in [-0.2, -0.15) is 0 Å². The van der Waals surface area contributed by atoms with E-state index in [2.05, 4.69) is 36.4 Å². The van der Waals surface area contributed by atoms with Crippen molar-refractivity contribution in [3.05, 3.63) is 29.8 Å². The summed E-state index contributed by atoms with van der Waals surface area (Å²) in [4.78, 5) is 145. The van der Waals surface area contributed by atoms with Crippen LogP contribution in [-0.2, 0) is 58.9 Å². The summed E-state index contributed by atoms with van der Waals surface area (Å²) in [5, 5.41) is 23.2. The lowest BCUT2D eigenvalue weighted by Gasteiger charge is -2.29. The highest BCUT2D eigenvalue weighted by Gasteiger charge is 2.36. The topological polar surface area (TPSA) is 408 Å². The lowest BCUT2D eigenvalue weighted by atomic mass is 9.96. The number of hydrogen-bond donors (Lipinski definition) is 12. The standard InChI is InChI=1S/C35H54N9O15P/c1-6-17(4)29(35(55)40-21(30(38)50)11-12-27(48)49)44-33(53)24(15-26(37)47)42-34(54)28(16(2)3)43-32(52)22(41-31(51)23(14-25(36)46)39-18(5)45)13-19-7-9-20(10-8-19)59-60(56,57)58/h7-10,16-17,21-24,28-29H,6,11-15H2,1-5H3,(H2,36,46)(H2,37,47)(H2,38,50)(H,39,45)(H,40,55)(H,41,51)(H,42,54)(H,43,52)(H,44,53)(H,48,49)(H2,56,57,58)/t17-,21-,22-,23-,24-,28-,29-/m0/s1. The molecule has 1 aromatic rings. The number of carboxylic acid groups (broad SMARTS) is 1. The Kier molecular flexibility index (Phi) is 20.8. The van der Waals surface area contributed by atoms with Crippen LogP contribution in [0, 0.1) is 11.8 Å². The monoisotopic (exact) mass is 871 g/mol. The third-order valence-electron chi connectivity index (χ3n) is 8.70. The first-order valence-electron chi connectivity index (χ1n) is 18.4. The van der Waals surface area contributed by atoms with E-state index in [1.165, 1.54) is 26.0 Å². The molecular weight excluding hydrogens is 817 g/mol. The van der Waals surface area contributed by atoms with E-state index in [-0.39, 0.29) is 24.2 Å². The summed E-state index contributed by atoms with van der Waals surface area (Å²) >= 11 is 0. The second-order valence-electron chi connectivity index (χ2n) is 14.1. The Labute approximate surface area is 344 Å². The maximum atomic E-state index is 13.9. The summed E-state index contributed by atoms with van der Waals surface area (Å²) in [6, 6.07) is -4.18. The van der Waals surface area contributed by atoms with Gasteiger partial charge in [-0.25, -0.2) is 4.57 Å². The minimum atomic E-state index is -4.92. The highest BCUT2D eigenvalue weighted by atomic mass is 31.2. The van der Waals surface area contributed by atoms with Gasteiger partial charge in [-0.3, -0.25) is 57.7 Å². The summed E-state index contributed by atoms with van der Waals surface area (Å²) in [5.74, 6) is -11.7. The molecule has 25 heteroatoms. The van der Waals surface area contributed by atoms with Crippen LogP contribution in [-0.4, -0.2) is 110 Å². The van der Waals surface area contributed by atoms with Crippen molar-refractivity contribution in [3.8, 4) is 5.75 Å². The zero-order valence-corrected chi connectivity index (χ0v) is 34.5. The van der Waals surface area contributed by atoms with Crippen molar-refractivity contribution in [1.82, 2.24) is 31.9 Å². The fourth-order valence-corrected chi connectivity index (χ4v) is 5.82. The zero-order valence-electron chi connectivity index (χ0n) is 33.6. The second kappa shape index (κ2) is 24.1. The number of aliphatic carboxylic acids is 1. The Hall–Kier alpha value is -6.13. The van der Waals surface area contributed by atoms with Gasteiger partial charge < -0.3 is 58.7 Å². The van der Waals surface area contributed by atoms with Crippen LogP contribution in [0.3, 0.4) is 0 Å². The predicted molar refractivity (Wildman–Crippen MR) is 208 cm³/mol. The van der Waals surface area contributed by atoms with Gasteiger partial charge >= 0.3 is 13.8 Å². The number of benzene rings is 1. The molecule has 1 rings (SSSR count). The first-order valence-corrected chi connectivity index (χ1v) is 20.0. The molecule has 0 aromatic heterocycles. The van der Waals surface area contributed by atoms with Crippen LogP contribution in [0.25, 0.3) is 0 Å². The van der Waals surface area contributed by atoms with Crippen molar-refractivity contribution in [3.63, 3.8) is 0 Å². The molecule has 0 aliphatic carbocycles. The first kappa shape index (κ1) is 51.9. The number of phosphoric acid groups is 1. The van der Waals surface area contributed by atoms with Gasteiger partial charge in [0.1, 0.15) is 42.0 Å². The van der Waals surface area contributed by atoms with Gasteiger partial charge in [-0.1, -0.05) is 46.2 Å². The number of carbonyl (C=O) groups is 10. The molecule has 0 bridgehead atoms. The number of primary amides is 3. The minimum absolute atomic E-state index is 0.239. The van der Waals surface area contributed by atoms with Crippen molar-refractivity contribution in [1.29, 1.82) is 0 Å². The number of rotatable bonds is 26. The van der Waals surface area contributed by atoms with Crippen LogP contribution in [0.1, 0.15) is 72.3 Å². The maximum Gasteiger partial charge on any atom is 0.524 e. The van der Waals surface area contributed by atoms with Crippen LogP contribution in [0.4, 0.5) is 0 Å². The number of nitrogens with two attached hydrogens (primary N) is 3. The van der Waals surface area contributed by atoms with E-state index < -0.39 is 134 Å². The Morgan fingerprint density at radius 1 is 0.667 bits per heavy atom. The molecule has 0 fully saturated rings. The molecule has 0 aliphatic rings. The number of carboxylic acids is 1. The maximum absolute atomic E-state index is 13.9. The minimum Gasteiger partial charge on any atom is -0.481 e. The smallest absolute Gasteiger partial charge is 0.481 e. The van der Waals surface area contributed by atoms with Crippen LogP contribution < -0.4 is 53.6 Å². The van der Waals surface area contributed by atoms with Gasteiger partial charge in [0.2, 0.25) is 53.2 Å². The molecule has 0 heterocycles. The molecule has 60 heavy (non-hydrogen) atoms. The highest BCUT2D eigenvalue weighted by Crippen LogP contribution is 2.37. The predicted octanol–water partition coefficient (Wildman–Crippen LogP) is -3.57. The summed E-state index contributed by atoms with van der Waals surface area (Å²) in [6.07, 6.45) is -2.38. The van der Waals surface area contributed by atoms with E-state index in [0.29, 0.717) is 6.42 Å². The fourth-order valence-electron chi connectivity index (χ4n) is 5.43. The average Bonchev–Trinajstić information content (AvgIpc) is 3.12. The summed E-state index contributed by atoms with van der Waals surface area (Å²) in [6.45, 7) is 7.31. The Morgan fingerprint density at radius 3 is 1.57 bits per heavy atom. The lowest BCUT2D eigenvalue weighted by molar-refractivity contribution is -0.138. The molecule has 0 spiro atoms. The number of phosphoric ester groups is 1. The van der Waals surface area contributed by atoms with Gasteiger partial charge in [0.05, 0.1) is 12.8 Å². The van der Waals surface area contributed by atoms with Crippen molar-refractivity contribution in [2.75, 3.05) is 0 Å². The Bertz CT molecular complexity index is 1790. The summed E-state index contributed by atoms with van der Waals surface area (Å²) in [7, 11) is -4.92. The second-order valence-corrected chi connectivity index (χ2v) is 15.3. The molecule has 24 nitrogen and oxygen atoms in total. The van der Waals surface area contributed by atoms with Crippen LogP contribution in [0.15, 0.2) is 24.3 Å². The molecule has 0 radical (unpaired) electrons. The molecule has 334 valence electrons. The third-order valence-corrected chi connectivity index (χ3v) is 9.15. The molecule has 7 atom stereocenters. The third kappa shape index (κ3) is 19.1. The molecule has 0 saturated heterocycles. The molecule has 15 N–H and O–H groups in total. The summed E-state index contributed by atoms with van der Waals surface area (Å²) in [5.41, 5.74) is 16.2. The normalized spacial score (nSPS) is 14.7. The number of hydrogen-bond acceptors (Lipinski definition) is 12. The zero-order chi connectivity index (χ0) is 46.1. The average molecular weight is 872 g/mol. The molecule has 0 unspecified atom stereocenters. The van der Waals surface area contributed by atoms with E-state index in [0.717, 1.165) is 19.1 Å². The Morgan fingerprint density at radius 2 is 1.12 bits per heavy atom. The van der Waals surface area contributed by atoms with E-state index in [9.17, 15) is 52.5 Å². The molecular formula is C35H54N9O15P. The van der Waals surface area contributed by atoms with Gasteiger partial charge in [-0.05, 0) is 36.0 Å². The SMILES string of the molecule is CC[C@H](C)[C@H](NC(=O)[C@H](CC(N)=O)NC(=O)[C@@H](NC(=O)[C@H](Cc1ccc(OP(=O)(O)O)cc1)NC(=O)[C@H](CC(N)=O)NC(C)=O)C(C)C)C(=O)N[C@@H](CCC(=O)O)C(N)=O. The van der Waals surface area contributed by atoms with Crippen molar-refractivity contribution in [2.24, 2.45) is 29.0 Å². The summed E-state index contributed by atoms with van der Waals surface area (Å²) < 4.78 is 15.8. The van der Waals surface area contributed by atoms with E-state index in [1.54, 1.807) is 13.8 Å². The van der Waals surface area contributed by atoms with Gasteiger partial charge in [0, 0.05) is 19.8 Å². The van der Waals surface area contributed by atoms with Crippen LogP contribution >= 0.6 is 7.82 Å².